The first-order valence-corrected chi connectivity index (χ1v) is 3.07. The number of imidazole rings is 1. The number of hydrogen-bond donors (Lipinski definition) is 1. The first kappa shape index (κ1) is 7.59. The Labute approximate surface area is 62.6 Å². The van der Waals surface area contributed by atoms with Crippen LogP contribution in [0.15, 0.2) is 10.9 Å². The largest absolute Gasteiger partial charge is 0.432 e. The van der Waals surface area contributed by atoms with Crippen LogP contribution in [-0.2, 0) is 6.18 Å². The normalized spacial score (nSPS) is 12.0. The fourth-order valence-electron chi connectivity index (χ4n) is 0.441. The number of halogens is 4. The van der Waals surface area contributed by atoms with Crippen molar-refractivity contribution in [1.82, 2.24) is 9.97 Å². The third-order valence-corrected chi connectivity index (χ3v) is 1.25. The lowest BCUT2D eigenvalue weighted by molar-refractivity contribution is -0.140. The molecule has 0 aliphatic heterocycles. The highest BCUT2D eigenvalue weighted by molar-refractivity contribution is 9.10. The summed E-state index contributed by atoms with van der Waals surface area (Å²) in [5, 5.41) is 0. The first-order valence-electron chi connectivity index (χ1n) is 2.28. The number of H-pyrrole nitrogens is 1. The van der Waals surface area contributed by atoms with Gasteiger partial charge >= 0.3 is 6.18 Å². The molecule has 0 unspecified atom stereocenters. The maximum Gasteiger partial charge on any atom is 0.432 e. The molecule has 0 aliphatic rings. The maximum absolute atomic E-state index is 11.7. The molecule has 1 aromatic heterocycles. The number of nitrogens with one attached hydrogen (secondary N) is 1. The molecule has 0 amide bonds. The molecule has 0 atom stereocenters. The van der Waals surface area contributed by atoms with Gasteiger partial charge in [-0.15, -0.1) is 0 Å². The molecule has 56 valence electrons. The predicted octanol–water partition coefficient (Wildman–Crippen LogP) is 2.19. The van der Waals surface area contributed by atoms with E-state index in [9.17, 15) is 13.2 Å². The minimum Gasteiger partial charge on any atom is -0.329 e. The molecule has 0 fully saturated rings. The van der Waals surface area contributed by atoms with Crippen LogP contribution >= 0.6 is 15.9 Å². The fourth-order valence-corrected chi connectivity index (χ4v) is 0.757. The van der Waals surface area contributed by atoms with Crippen molar-refractivity contribution < 1.29 is 13.2 Å². The Morgan fingerprint density at radius 1 is 1.50 bits per heavy atom. The monoisotopic (exact) mass is 214 g/mol. The van der Waals surface area contributed by atoms with Crippen LogP contribution in [-0.4, -0.2) is 9.97 Å². The molecule has 0 spiro atoms. The number of alkyl halides is 3. The zero-order chi connectivity index (χ0) is 7.78. The average molecular weight is 215 g/mol. The van der Waals surface area contributed by atoms with E-state index in [1.54, 1.807) is 0 Å². The Kier molecular flexibility index (Phi) is 1.72. The van der Waals surface area contributed by atoms with E-state index in [1.165, 1.54) is 0 Å². The van der Waals surface area contributed by atoms with E-state index in [2.05, 4.69) is 20.9 Å². The van der Waals surface area contributed by atoms with Crippen molar-refractivity contribution in [3.8, 4) is 0 Å². The zero-order valence-corrected chi connectivity index (χ0v) is 6.12. The van der Waals surface area contributed by atoms with Crippen LogP contribution in [0.25, 0.3) is 0 Å². The second kappa shape index (κ2) is 2.26. The van der Waals surface area contributed by atoms with Crippen molar-refractivity contribution >= 4 is 15.9 Å². The summed E-state index contributed by atoms with van der Waals surface area (Å²) in [6.07, 6.45) is -3.61. The van der Waals surface area contributed by atoms with Crippen LogP contribution in [0.1, 0.15) is 5.69 Å². The van der Waals surface area contributed by atoms with Gasteiger partial charge in [0.2, 0.25) is 0 Å². The fraction of sp³-hybridized carbons (Fsp3) is 0.250. The van der Waals surface area contributed by atoms with Gasteiger partial charge in [0.15, 0.2) is 4.73 Å². The average Bonchev–Trinajstić information content (AvgIpc) is 2.11. The summed E-state index contributed by atoms with van der Waals surface area (Å²) in [7, 11) is 0. The van der Waals surface area contributed by atoms with Gasteiger partial charge in [0.1, 0.15) is 5.69 Å². The minimum atomic E-state index is -4.33. The summed E-state index contributed by atoms with van der Waals surface area (Å²) < 4.78 is 35.2. The molecule has 6 heteroatoms. The smallest absolute Gasteiger partial charge is 0.329 e. The van der Waals surface area contributed by atoms with Gasteiger partial charge in [-0.05, 0) is 15.9 Å². The second-order valence-electron chi connectivity index (χ2n) is 1.59. The number of aromatic nitrogens is 2. The summed E-state index contributed by atoms with van der Waals surface area (Å²) in [5.41, 5.74) is -0.848. The quantitative estimate of drug-likeness (QED) is 0.705. The summed E-state index contributed by atoms with van der Waals surface area (Å²) in [5.74, 6) is 0. The van der Waals surface area contributed by atoms with E-state index in [0.717, 1.165) is 6.20 Å². The van der Waals surface area contributed by atoms with Gasteiger partial charge in [-0.25, -0.2) is 4.98 Å². The highest BCUT2D eigenvalue weighted by Crippen LogP contribution is 2.27. The number of rotatable bonds is 0. The summed E-state index contributed by atoms with van der Waals surface area (Å²) in [6, 6.07) is 0. The molecule has 0 saturated heterocycles. The van der Waals surface area contributed by atoms with Crippen LogP contribution in [0.4, 0.5) is 13.2 Å². The Bertz CT molecular complexity index is 229. The van der Waals surface area contributed by atoms with Crippen LogP contribution in [0.3, 0.4) is 0 Å². The van der Waals surface area contributed by atoms with Gasteiger partial charge < -0.3 is 4.98 Å². The lowest BCUT2D eigenvalue weighted by Gasteiger charge is -1.99. The van der Waals surface area contributed by atoms with Crippen LogP contribution in [0.5, 0.6) is 0 Å². The summed E-state index contributed by atoms with van der Waals surface area (Å²) in [4.78, 5) is 5.32. The van der Waals surface area contributed by atoms with E-state index in [-0.39, 0.29) is 4.73 Å². The van der Waals surface area contributed by atoms with Crippen LogP contribution < -0.4 is 0 Å². The van der Waals surface area contributed by atoms with Crippen molar-refractivity contribution in [2.75, 3.05) is 0 Å². The van der Waals surface area contributed by atoms with Gasteiger partial charge in [-0.2, -0.15) is 13.2 Å². The molecule has 0 aromatic carbocycles. The third-order valence-electron chi connectivity index (χ3n) is 0.850. The molecule has 1 heterocycles. The van der Waals surface area contributed by atoms with Gasteiger partial charge in [0.25, 0.3) is 0 Å². The lowest BCUT2D eigenvalue weighted by Crippen LogP contribution is -2.04. The van der Waals surface area contributed by atoms with Gasteiger partial charge in [-0.3, -0.25) is 0 Å². The van der Waals surface area contributed by atoms with Gasteiger partial charge in [0, 0.05) is 0 Å². The predicted molar refractivity (Wildman–Crippen MR) is 31.3 cm³/mol. The highest BCUT2D eigenvalue weighted by atomic mass is 79.9. The molecule has 0 bridgehead atoms. The molecule has 2 nitrogen and oxygen atoms in total. The first-order chi connectivity index (χ1) is 4.50. The van der Waals surface area contributed by atoms with Crippen molar-refractivity contribution in [3.63, 3.8) is 0 Å². The second-order valence-corrected chi connectivity index (χ2v) is 2.34. The van der Waals surface area contributed by atoms with Crippen molar-refractivity contribution in [1.29, 1.82) is 0 Å². The Morgan fingerprint density at radius 2 is 2.10 bits per heavy atom. The van der Waals surface area contributed by atoms with Gasteiger partial charge in [-0.1, -0.05) is 0 Å². The van der Waals surface area contributed by atoms with E-state index < -0.39 is 11.9 Å². The van der Waals surface area contributed by atoms with Crippen molar-refractivity contribution in [3.05, 3.63) is 16.6 Å². The molecule has 0 radical (unpaired) electrons. The molecule has 10 heavy (non-hydrogen) atoms. The molecular formula is C4H2BrF3N2. The zero-order valence-electron chi connectivity index (χ0n) is 4.54. The maximum atomic E-state index is 11.7. The number of hydrogen-bond acceptors (Lipinski definition) is 1. The SMILES string of the molecule is FC(F)(F)c1cnc(Br)[nH]1. The molecule has 0 saturated carbocycles. The van der Waals surface area contributed by atoms with Crippen LogP contribution in [0, 0.1) is 0 Å². The third kappa shape index (κ3) is 1.50. The number of aromatic amines is 1. The summed E-state index contributed by atoms with van der Waals surface area (Å²) in [6.45, 7) is 0. The van der Waals surface area contributed by atoms with Crippen LogP contribution in [0.2, 0.25) is 0 Å². The molecule has 1 aromatic rings. The molecule has 1 rings (SSSR count). The summed E-state index contributed by atoms with van der Waals surface area (Å²) >= 11 is 2.76. The van der Waals surface area contributed by atoms with E-state index in [4.69, 9.17) is 0 Å². The van der Waals surface area contributed by atoms with E-state index in [1.807, 2.05) is 4.98 Å². The molecule has 1 N–H and O–H groups in total. The molecule has 0 aliphatic carbocycles. The highest BCUT2D eigenvalue weighted by Gasteiger charge is 2.32. The van der Waals surface area contributed by atoms with Gasteiger partial charge in [0.05, 0.1) is 6.20 Å². The van der Waals surface area contributed by atoms with E-state index in [0.29, 0.717) is 0 Å². The Balaban J connectivity index is 2.96. The Morgan fingerprint density at radius 3 is 2.30 bits per heavy atom. The number of nitrogens with zero attached hydrogens (tertiary/aromatic N) is 1. The standard InChI is InChI=1S/C4H2BrF3N2/c5-3-9-1-2(10-3)4(6,7)8/h1H,(H,9,10). The lowest BCUT2D eigenvalue weighted by atomic mass is 10.5. The molecular weight excluding hydrogens is 213 g/mol. The van der Waals surface area contributed by atoms with E-state index >= 15 is 0 Å². The topological polar surface area (TPSA) is 28.7 Å². The van der Waals surface area contributed by atoms with Crippen molar-refractivity contribution in [2.24, 2.45) is 0 Å². The Hall–Kier alpha value is -0.520. The van der Waals surface area contributed by atoms with Crippen molar-refractivity contribution in [2.45, 2.75) is 6.18 Å². The minimum absolute atomic E-state index is 0.0832.